The van der Waals surface area contributed by atoms with E-state index < -0.39 is 0 Å². The monoisotopic (exact) mass is 151 g/mol. The van der Waals surface area contributed by atoms with E-state index >= 15 is 0 Å². The van der Waals surface area contributed by atoms with Crippen LogP contribution in [0.15, 0.2) is 28.4 Å². The molecule has 0 bridgehead atoms. The van der Waals surface area contributed by atoms with Crippen LogP contribution in [-0.4, -0.2) is 5.71 Å². The number of hydrogen-bond acceptors (Lipinski definition) is 1. The molecule has 0 rings (SSSR count). The summed E-state index contributed by atoms with van der Waals surface area (Å²) in [5.41, 5.74) is 4.39. The van der Waals surface area contributed by atoms with Crippen molar-refractivity contribution in [1.82, 2.24) is 0 Å². The molecule has 0 radical (unpaired) electrons. The summed E-state index contributed by atoms with van der Waals surface area (Å²) in [7, 11) is 0. The number of allylic oxidation sites excluding steroid dienone is 3. The normalized spacial score (nSPS) is 11.2. The van der Waals surface area contributed by atoms with Crippen LogP contribution in [0.25, 0.3) is 0 Å². The van der Waals surface area contributed by atoms with Crippen LogP contribution in [0.4, 0.5) is 0 Å². The molecule has 0 saturated carbocycles. The predicted octanol–water partition coefficient (Wildman–Crippen LogP) is 3.34. The number of hydrogen-bond donors (Lipinski definition) is 0. The van der Waals surface area contributed by atoms with Gasteiger partial charge in [-0.2, -0.15) is 0 Å². The molecular formula is C10H17N. The maximum absolute atomic E-state index is 4.37. The van der Waals surface area contributed by atoms with Gasteiger partial charge in [-0.15, -0.1) is 0 Å². The summed E-state index contributed by atoms with van der Waals surface area (Å²) in [6.45, 7) is 13.9. The number of rotatable bonds is 2. The molecule has 0 aromatic heterocycles. The third-order valence-corrected chi connectivity index (χ3v) is 1.68. The molecule has 0 unspecified atom stereocenters. The van der Waals surface area contributed by atoms with Crippen LogP contribution in [0.2, 0.25) is 0 Å². The summed E-state index contributed by atoms with van der Waals surface area (Å²) in [5, 5.41) is 0. The van der Waals surface area contributed by atoms with E-state index in [4.69, 9.17) is 0 Å². The highest BCUT2D eigenvalue weighted by molar-refractivity contribution is 5.97. The van der Waals surface area contributed by atoms with Crippen LogP contribution in [0.1, 0.15) is 34.6 Å². The maximum Gasteiger partial charge on any atom is 0.0399 e. The molecule has 0 N–H and O–H groups in total. The van der Waals surface area contributed by atoms with Gasteiger partial charge in [0.15, 0.2) is 0 Å². The molecule has 0 amide bonds. The van der Waals surface area contributed by atoms with Crippen molar-refractivity contribution in [3.05, 3.63) is 23.4 Å². The Morgan fingerprint density at radius 3 is 1.73 bits per heavy atom. The van der Waals surface area contributed by atoms with Gasteiger partial charge >= 0.3 is 0 Å². The second-order valence-electron chi connectivity index (χ2n) is 3.06. The summed E-state index contributed by atoms with van der Waals surface area (Å²) in [5.74, 6) is 0. The molecule has 0 fully saturated rings. The lowest BCUT2D eigenvalue weighted by atomic mass is 10.2. The number of nitrogens with zero attached hydrogens (tertiary/aromatic N) is 1. The molecule has 0 saturated heterocycles. The molecule has 0 aromatic carbocycles. The quantitative estimate of drug-likeness (QED) is 0.537. The van der Waals surface area contributed by atoms with Gasteiger partial charge in [0.05, 0.1) is 0 Å². The van der Waals surface area contributed by atoms with Crippen molar-refractivity contribution in [3.63, 3.8) is 0 Å². The first-order valence-corrected chi connectivity index (χ1v) is 3.80. The van der Waals surface area contributed by atoms with Crippen molar-refractivity contribution in [3.8, 4) is 0 Å². The molecule has 0 aliphatic rings. The molecule has 62 valence electrons. The van der Waals surface area contributed by atoms with Crippen LogP contribution < -0.4 is 0 Å². The Morgan fingerprint density at radius 2 is 1.45 bits per heavy atom. The molecular weight excluding hydrogens is 134 g/mol. The van der Waals surface area contributed by atoms with E-state index in [1.807, 2.05) is 20.8 Å². The van der Waals surface area contributed by atoms with E-state index in [0.29, 0.717) is 0 Å². The topological polar surface area (TPSA) is 12.4 Å². The van der Waals surface area contributed by atoms with E-state index in [-0.39, 0.29) is 0 Å². The first-order chi connectivity index (χ1) is 4.95. The van der Waals surface area contributed by atoms with Crippen LogP contribution >= 0.6 is 0 Å². The minimum Gasteiger partial charge on any atom is -0.258 e. The van der Waals surface area contributed by atoms with E-state index in [1.54, 1.807) is 0 Å². The standard InChI is InChI=1S/C10H17N/c1-7(2)9(5)11-10(6)8(3)4/h1H2,2-6H3. The van der Waals surface area contributed by atoms with Crippen molar-refractivity contribution in [2.45, 2.75) is 34.6 Å². The number of aliphatic imine (C=N–C) groups is 1. The molecule has 0 spiro atoms. The Balaban J connectivity index is 4.58. The molecule has 0 atom stereocenters. The van der Waals surface area contributed by atoms with Gasteiger partial charge in [-0.05, 0) is 40.2 Å². The van der Waals surface area contributed by atoms with Gasteiger partial charge in [0.25, 0.3) is 0 Å². The SMILES string of the molecule is C=C(C)C(C)=NC(C)=C(C)C. The first-order valence-electron chi connectivity index (χ1n) is 3.80. The lowest BCUT2D eigenvalue weighted by molar-refractivity contribution is 1.18. The zero-order valence-corrected chi connectivity index (χ0v) is 8.15. The third-order valence-electron chi connectivity index (χ3n) is 1.68. The third kappa shape index (κ3) is 3.76. The van der Waals surface area contributed by atoms with Gasteiger partial charge in [-0.1, -0.05) is 12.2 Å². The summed E-state index contributed by atoms with van der Waals surface area (Å²) in [6, 6.07) is 0. The zero-order chi connectivity index (χ0) is 9.02. The highest BCUT2D eigenvalue weighted by Gasteiger charge is 1.92. The van der Waals surface area contributed by atoms with Gasteiger partial charge in [-0.3, -0.25) is 4.99 Å². The highest BCUT2D eigenvalue weighted by Crippen LogP contribution is 2.05. The molecule has 0 heterocycles. The first kappa shape index (κ1) is 10.2. The average molecular weight is 151 g/mol. The largest absolute Gasteiger partial charge is 0.258 e. The lowest BCUT2D eigenvalue weighted by Crippen LogP contribution is -1.92. The molecule has 11 heavy (non-hydrogen) atoms. The van der Waals surface area contributed by atoms with E-state index in [2.05, 4.69) is 25.4 Å². The van der Waals surface area contributed by atoms with Crippen LogP contribution in [0.5, 0.6) is 0 Å². The molecule has 0 aliphatic heterocycles. The Labute approximate surface area is 69.5 Å². The Hall–Kier alpha value is -0.850. The minimum atomic E-state index is 1.02. The lowest BCUT2D eigenvalue weighted by Gasteiger charge is -2.00. The van der Waals surface area contributed by atoms with Crippen LogP contribution in [0, 0.1) is 0 Å². The fourth-order valence-electron chi connectivity index (χ4n) is 0.459. The van der Waals surface area contributed by atoms with Gasteiger partial charge in [0.1, 0.15) is 0 Å². The van der Waals surface area contributed by atoms with Crippen molar-refractivity contribution < 1.29 is 0 Å². The summed E-state index contributed by atoms with van der Waals surface area (Å²) >= 11 is 0. The molecule has 0 aromatic rings. The highest BCUT2D eigenvalue weighted by atomic mass is 14.7. The summed E-state index contributed by atoms with van der Waals surface area (Å²) < 4.78 is 0. The van der Waals surface area contributed by atoms with Crippen LogP contribution in [-0.2, 0) is 0 Å². The molecule has 1 heteroatoms. The van der Waals surface area contributed by atoms with Crippen molar-refractivity contribution in [2.24, 2.45) is 4.99 Å². The van der Waals surface area contributed by atoms with E-state index in [0.717, 1.165) is 17.0 Å². The van der Waals surface area contributed by atoms with Gasteiger partial charge in [0, 0.05) is 11.4 Å². The summed E-state index contributed by atoms with van der Waals surface area (Å²) in [4.78, 5) is 4.37. The Morgan fingerprint density at radius 1 is 1.00 bits per heavy atom. The van der Waals surface area contributed by atoms with Crippen molar-refractivity contribution >= 4 is 5.71 Å². The zero-order valence-electron chi connectivity index (χ0n) is 8.15. The summed E-state index contributed by atoms with van der Waals surface area (Å²) in [6.07, 6.45) is 0. The fraction of sp³-hybridized carbons (Fsp3) is 0.500. The van der Waals surface area contributed by atoms with Gasteiger partial charge in [-0.25, -0.2) is 0 Å². The second-order valence-corrected chi connectivity index (χ2v) is 3.06. The smallest absolute Gasteiger partial charge is 0.0399 e. The van der Waals surface area contributed by atoms with E-state index in [9.17, 15) is 0 Å². The van der Waals surface area contributed by atoms with Crippen molar-refractivity contribution in [1.29, 1.82) is 0 Å². The Kier molecular flexibility index (Phi) is 3.80. The molecule has 0 aliphatic carbocycles. The molecule has 1 nitrogen and oxygen atoms in total. The van der Waals surface area contributed by atoms with Gasteiger partial charge in [0.2, 0.25) is 0 Å². The maximum atomic E-state index is 4.37. The fourth-order valence-corrected chi connectivity index (χ4v) is 0.459. The Bertz CT molecular complexity index is 215. The van der Waals surface area contributed by atoms with Crippen LogP contribution in [0.3, 0.4) is 0 Å². The average Bonchev–Trinajstić information content (AvgIpc) is 1.87. The minimum absolute atomic E-state index is 1.02. The van der Waals surface area contributed by atoms with E-state index in [1.165, 1.54) is 5.57 Å². The second kappa shape index (κ2) is 4.12. The van der Waals surface area contributed by atoms with Crippen molar-refractivity contribution in [2.75, 3.05) is 0 Å². The van der Waals surface area contributed by atoms with Gasteiger partial charge < -0.3 is 0 Å². The predicted molar refractivity (Wildman–Crippen MR) is 52.0 cm³/mol.